The Bertz CT molecular complexity index is 946. The minimum Gasteiger partial charge on any atom is -0.303 e. The molecule has 0 radical (unpaired) electrons. The van der Waals surface area contributed by atoms with E-state index < -0.39 is 17.8 Å². The molecule has 0 saturated carbocycles. The van der Waals surface area contributed by atoms with Crippen LogP contribution in [0.2, 0.25) is 0 Å². The maximum atomic E-state index is 13.8. The zero-order chi connectivity index (χ0) is 17.4. The summed E-state index contributed by atoms with van der Waals surface area (Å²) in [5, 5.41) is 2.59. The lowest BCUT2D eigenvalue weighted by atomic mass is 10.1. The molecule has 4 nitrogen and oxygen atoms in total. The smallest absolute Gasteiger partial charge is 0.303 e. The molecule has 1 saturated heterocycles. The van der Waals surface area contributed by atoms with Gasteiger partial charge in [0.2, 0.25) is 0 Å². The number of rotatable bonds is 3. The highest BCUT2D eigenvalue weighted by atomic mass is 19.1. The third kappa shape index (κ3) is 2.74. The molecule has 3 amide bonds. The lowest BCUT2D eigenvalue weighted by Gasteiger charge is -2.12. The Morgan fingerprint density at radius 3 is 2.68 bits per heavy atom. The Labute approximate surface area is 144 Å². The molecule has 2 aromatic carbocycles. The van der Waals surface area contributed by atoms with Crippen molar-refractivity contribution >= 4 is 17.5 Å². The predicted molar refractivity (Wildman–Crippen MR) is 91.7 cm³/mol. The van der Waals surface area contributed by atoms with Crippen LogP contribution < -0.4 is 5.32 Å². The molecule has 2 aliphatic rings. The topological polar surface area (TPSA) is 49.4 Å². The summed E-state index contributed by atoms with van der Waals surface area (Å²) in [6, 6.07) is 13.5. The van der Waals surface area contributed by atoms with Crippen LogP contribution in [0.15, 0.2) is 66.4 Å². The molecule has 0 unspecified atom stereocenters. The number of hydrogen-bond acceptors (Lipinski definition) is 2. The van der Waals surface area contributed by atoms with Gasteiger partial charge in [-0.3, -0.25) is 9.69 Å². The first-order valence-electron chi connectivity index (χ1n) is 8.00. The van der Waals surface area contributed by atoms with E-state index in [4.69, 9.17) is 0 Å². The lowest BCUT2D eigenvalue weighted by molar-refractivity contribution is -0.123. The van der Waals surface area contributed by atoms with Crippen LogP contribution in [0.25, 0.3) is 5.57 Å². The van der Waals surface area contributed by atoms with E-state index in [0.29, 0.717) is 5.56 Å². The fourth-order valence-corrected chi connectivity index (χ4v) is 3.11. The summed E-state index contributed by atoms with van der Waals surface area (Å²) in [4.78, 5) is 25.7. The maximum absolute atomic E-state index is 13.8. The van der Waals surface area contributed by atoms with Crippen molar-refractivity contribution in [1.82, 2.24) is 10.2 Å². The number of halogens is 1. The molecule has 1 aliphatic heterocycles. The zero-order valence-corrected chi connectivity index (χ0v) is 13.3. The van der Waals surface area contributed by atoms with E-state index in [1.807, 2.05) is 30.3 Å². The summed E-state index contributed by atoms with van der Waals surface area (Å²) < 4.78 is 13.8. The number of urea groups is 1. The first kappa shape index (κ1) is 15.3. The standard InChI is InChI=1S/C20H15FN2O2/c21-17-8-4-2-6-15(17)12-23-19(24)18(22-20(23)25)11-14-10-9-13-5-1-3-7-16(13)14/h1-8,10-11H,9,12H2,(H,22,25)/b18-11+. The highest BCUT2D eigenvalue weighted by Gasteiger charge is 2.34. The first-order chi connectivity index (χ1) is 12.1. The van der Waals surface area contributed by atoms with Gasteiger partial charge in [0, 0.05) is 5.56 Å². The van der Waals surface area contributed by atoms with E-state index in [-0.39, 0.29) is 12.2 Å². The third-order valence-electron chi connectivity index (χ3n) is 4.42. The fourth-order valence-electron chi connectivity index (χ4n) is 3.11. The molecule has 2 aromatic rings. The Hall–Kier alpha value is -3.21. The number of carbonyl (C=O) groups is 2. The normalized spacial score (nSPS) is 17.7. The van der Waals surface area contributed by atoms with Crippen molar-refractivity contribution in [1.29, 1.82) is 0 Å². The minimum atomic E-state index is -0.536. The molecular weight excluding hydrogens is 319 g/mol. The van der Waals surface area contributed by atoms with Gasteiger partial charge in [-0.2, -0.15) is 0 Å². The van der Waals surface area contributed by atoms with Crippen LogP contribution in [0, 0.1) is 5.82 Å². The second kappa shape index (κ2) is 6.02. The lowest BCUT2D eigenvalue weighted by Crippen LogP contribution is -2.30. The number of carbonyl (C=O) groups excluding carboxylic acids is 2. The van der Waals surface area contributed by atoms with Gasteiger partial charge < -0.3 is 5.32 Å². The quantitative estimate of drug-likeness (QED) is 0.691. The van der Waals surface area contributed by atoms with Gasteiger partial charge in [-0.1, -0.05) is 48.5 Å². The average Bonchev–Trinajstić information content (AvgIpc) is 3.13. The molecule has 25 heavy (non-hydrogen) atoms. The molecule has 1 heterocycles. The average molecular weight is 334 g/mol. The molecule has 1 aliphatic carbocycles. The van der Waals surface area contributed by atoms with Crippen LogP contribution in [-0.4, -0.2) is 16.8 Å². The second-order valence-electron chi connectivity index (χ2n) is 5.99. The molecule has 0 spiro atoms. The number of benzene rings is 2. The van der Waals surface area contributed by atoms with Gasteiger partial charge in [0.15, 0.2) is 0 Å². The van der Waals surface area contributed by atoms with E-state index in [1.165, 1.54) is 11.6 Å². The summed E-state index contributed by atoms with van der Waals surface area (Å²) in [6.45, 7) is -0.0929. The van der Waals surface area contributed by atoms with Crippen LogP contribution >= 0.6 is 0 Å². The summed E-state index contributed by atoms with van der Waals surface area (Å²) in [5.41, 5.74) is 3.67. The Morgan fingerprint density at radius 2 is 1.84 bits per heavy atom. The number of allylic oxidation sites excluding steroid dienone is 3. The van der Waals surface area contributed by atoms with Crippen LogP contribution in [0.1, 0.15) is 16.7 Å². The molecule has 5 heteroatoms. The van der Waals surface area contributed by atoms with Crippen molar-refractivity contribution in [3.05, 3.63) is 88.9 Å². The minimum absolute atomic E-state index is 0.0929. The van der Waals surface area contributed by atoms with Crippen LogP contribution in [0.3, 0.4) is 0 Å². The number of nitrogens with zero attached hydrogens (tertiary/aromatic N) is 1. The van der Waals surface area contributed by atoms with E-state index in [0.717, 1.165) is 22.5 Å². The summed E-state index contributed by atoms with van der Waals surface area (Å²) >= 11 is 0. The number of hydrogen-bond donors (Lipinski definition) is 1. The summed E-state index contributed by atoms with van der Waals surface area (Å²) in [5.74, 6) is -0.883. The zero-order valence-electron chi connectivity index (χ0n) is 13.3. The maximum Gasteiger partial charge on any atom is 0.329 e. The third-order valence-corrected chi connectivity index (χ3v) is 4.42. The molecule has 1 N–H and O–H groups in total. The Balaban J connectivity index is 1.59. The molecule has 0 atom stereocenters. The van der Waals surface area contributed by atoms with Gasteiger partial charge in [0.1, 0.15) is 11.5 Å². The van der Waals surface area contributed by atoms with E-state index in [1.54, 1.807) is 24.3 Å². The molecule has 124 valence electrons. The van der Waals surface area contributed by atoms with Gasteiger partial charge in [-0.05, 0) is 35.3 Å². The van der Waals surface area contributed by atoms with Gasteiger partial charge in [0.05, 0.1) is 6.54 Å². The SMILES string of the molecule is O=C1N/C(=C/C2=CCc3ccccc32)C(=O)N1Cc1ccccc1F. The number of amides is 3. The van der Waals surface area contributed by atoms with Crippen LogP contribution in [-0.2, 0) is 17.8 Å². The van der Waals surface area contributed by atoms with Crippen molar-refractivity contribution in [2.45, 2.75) is 13.0 Å². The highest BCUT2D eigenvalue weighted by Crippen LogP contribution is 2.29. The predicted octanol–water partition coefficient (Wildman–Crippen LogP) is 3.40. The highest BCUT2D eigenvalue weighted by molar-refractivity contribution is 6.12. The van der Waals surface area contributed by atoms with Crippen molar-refractivity contribution < 1.29 is 14.0 Å². The van der Waals surface area contributed by atoms with Crippen molar-refractivity contribution in [3.63, 3.8) is 0 Å². The van der Waals surface area contributed by atoms with Crippen LogP contribution in [0.5, 0.6) is 0 Å². The monoisotopic (exact) mass is 334 g/mol. The fraction of sp³-hybridized carbons (Fsp3) is 0.100. The van der Waals surface area contributed by atoms with E-state index >= 15 is 0 Å². The Kier molecular flexibility index (Phi) is 3.69. The Morgan fingerprint density at radius 1 is 1.08 bits per heavy atom. The largest absolute Gasteiger partial charge is 0.329 e. The second-order valence-corrected chi connectivity index (χ2v) is 5.99. The number of imide groups is 1. The van der Waals surface area contributed by atoms with Gasteiger partial charge in [-0.15, -0.1) is 0 Å². The molecule has 0 bridgehead atoms. The number of nitrogens with one attached hydrogen (secondary N) is 1. The van der Waals surface area contributed by atoms with Crippen molar-refractivity contribution in [2.75, 3.05) is 0 Å². The van der Waals surface area contributed by atoms with Crippen LogP contribution in [0.4, 0.5) is 9.18 Å². The first-order valence-corrected chi connectivity index (χ1v) is 8.00. The molecular formula is C20H15FN2O2. The van der Waals surface area contributed by atoms with Crippen molar-refractivity contribution in [2.24, 2.45) is 0 Å². The van der Waals surface area contributed by atoms with Crippen molar-refractivity contribution in [3.8, 4) is 0 Å². The summed E-state index contributed by atoms with van der Waals surface area (Å²) in [6.07, 6.45) is 4.51. The van der Waals surface area contributed by atoms with Gasteiger partial charge in [-0.25, -0.2) is 9.18 Å². The summed E-state index contributed by atoms with van der Waals surface area (Å²) in [7, 11) is 0. The number of fused-ring (bicyclic) bond motifs is 1. The van der Waals surface area contributed by atoms with E-state index in [9.17, 15) is 14.0 Å². The van der Waals surface area contributed by atoms with E-state index in [2.05, 4.69) is 5.32 Å². The van der Waals surface area contributed by atoms with Gasteiger partial charge in [0.25, 0.3) is 5.91 Å². The molecule has 4 rings (SSSR count). The van der Waals surface area contributed by atoms with Gasteiger partial charge >= 0.3 is 6.03 Å². The molecule has 1 fully saturated rings. The molecule has 0 aromatic heterocycles.